The van der Waals surface area contributed by atoms with Crippen molar-refractivity contribution in [2.45, 2.75) is 64.4 Å². The molecule has 0 heterocycles. The van der Waals surface area contributed by atoms with E-state index in [9.17, 15) is 9.59 Å². The summed E-state index contributed by atoms with van der Waals surface area (Å²) < 4.78 is 0. The van der Waals surface area contributed by atoms with E-state index < -0.39 is 0 Å². The Balaban J connectivity index is 0. The molecule has 0 bridgehead atoms. The quantitative estimate of drug-likeness (QED) is 0.619. The molecule has 8 heteroatoms. The zero-order chi connectivity index (χ0) is 21.2. The Morgan fingerprint density at radius 1 is 0.577 bits per heavy atom. The largest absolute Gasteiger partial charge is 0.325 e. The molecule has 0 saturated carbocycles. The molecule has 26 heavy (non-hydrogen) atoms. The molecular formula is C18H40N4O2S2. The lowest BCUT2D eigenvalue weighted by Gasteiger charge is -2.30. The van der Waals surface area contributed by atoms with Gasteiger partial charge in [0.05, 0.1) is 10.7 Å². The molecule has 156 valence electrons. The summed E-state index contributed by atoms with van der Waals surface area (Å²) in [5, 5.41) is 0.461. The highest BCUT2D eigenvalue weighted by atomic mass is 32.2. The zero-order valence-corrected chi connectivity index (χ0v) is 20.4. The van der Waals surface area contributed by atoms with Gasteiger partial charge in [0, 0.05) is 40.3 Å². The zero-order valence-electron chi connectivity index (χ0n) is 18.7. The molecule has 0 aromatic heterocycles. The molecule has 0 aromatic rings. The van der Waals surface area contributed by atoms with Crippen molar-refractivity contribution in [2.75, 3.05) is 40.7 Å². The molecule has 0 rings (SSSR count). The standard InChI is InChI=1S/2C9H20N2OS/c2*1-7(2)10(4)9(12)11(5)8(3)13-6/h2*7-8H,1-6H3. The maximum absolute atomic E-state index is 11.7. The van der Waals surface area contributed by atoms with E-state index >= 15 is 0 Å². The van der Waals surface area contributed by atoms with Gasteiger partial charge in [0.15, 0.2) is 0 Å². The molecule has 0 aliphatic carbocycles. The molecule has 2 unspecified atom stereocenters. The number of amides is 4. The van der Waals surface area contributed by atoms with E-state index in [1.807, 2.05) is 82.2 Å². The van der Waals surface area contributed by atoms with Gasteiger partial charge in [-0.15, -0.1) is 23.5 Å². The Hall–Kier alpha value is -0.760. The lowest BCUT2D eigenvalue weighted by Crippen LogP contribution is -2.44. The summed E-state index contributed by atoms with van der Waals surface area (Å²) in [6, 6.07) is 0.668. The number of hydrogen-bond donors (Lipinski definition) is 0. The van der Waals surface area contributed by atoms with E-state index in [0.717, 1.165) is 0 Å². The van der Waals surface area contributed by atoms with Crippen molar-refractivity contribution < 1.29 is 9.59 Å². The summed E-state index contributed by atoms with van der Waals surface area (Å²) in [4.78, 5) is 30.4. The topological polar surface area (TPSA) is 47.1 Å². The number of carbonyl (C=O) groups is 2. The Morgan fingerprint density at radius 2 is 0.808 bits per heavy atom. The molecule has 0 aliphatic heterocycles. The van der Waals surface area contributed by atoms with Crippen LogP contribution in [0.2, 0.25) is 0 Å². The molecule has 0 aromatic carbocycles. The van der Waals surface area contributed by atoms with Crippen molar-refractivity contribution in [3.8, 4) is 0 Å². The van der Waals surface area contributed by atoms with Crippen molar-refractivity contribution in [1.82, 2.24) is 19.6 Å². The maximum atomic E-state index is 11.7. The fraction of sp³-hybridized carbons (Fsp3) is 0.889. The van der Waals surface area contributed by atoms with Crippen molar-refractivity contribution in [2.24, 2.45) is 0 Å². The maximum Gasteiger partial charge on any atom is 0.320 e. The summed E-state index contributed by atoms with van der Waals surface area (Å²) in [7, 11) is 7.33. The fourth-order valence-electron chi connectivity index (χ4n) is 1.57. The predicted molar refractivity (Wildman–Crippen MR) is 118 cm³/mol. The van der Waals surface area contributed by atoms with Gasteiger partial charge in [0.2, 0.25) is 0 Å². The van der Waals surface area contributed by atoms with Crippen LogP contribution in [0.5, 0.6) is 0 Å². The van der Waals surface area contributed by atoms with Gasteiger partial charge in [-0.1, -0.05) is 0 Å². The molecular weight excluding hydrogens is 368 g/mol. The first-order valence-electron chi connectivity index (χ1n) is 8.88. The minimum atomic E-state index is 0.0804. The third-order valence-electron chi connectivity index (χ3n) is 4.53. The van der Waals surface area contributed by atoms with E-state index in [2.05, 4.69) is 0 Å². The number of thioether (sulfide) groups is 2. The van der Waals surface area contributed by atoms with Gasteiger partial charge in [-0.3, -0.25) is 0 Å². The van der Waals surface area contributed by atoms with Crippen LogP contribution in [0.25, 0.3) is 0 Å². The SMILES string of the molecule is CSC(C)N(C)C(=O)N(C)C(C)C.CSC(C)N(C)C(=O)N(C)C(C)C. The summed E-state index contributed by atoms with van der Waals surface area (Å²) in [6.45, 7) is 12.1. The van der Waals surface area contributed by atoms with E-state index in [4.69, 9.17) is 0 Å². The Labute approximate surface area is 170 Å². The molecule has 0 spiro atoms. The number of carbonyl (C=O) groups excluding carboxylic acids is 2. The first kappa shape index (κ1) is 27.5. The van der Waals surface area contributed by atoms with Crippen LogP contribution >= 0.6 is 23.5 Å². The number of nitrogens with zero attached hydrogens (tertiary/aromatic N) is 4. The molecule has 0 N–H and O–H groups in total. The van der Waals surface area contributed by atoms with Crippen molar-refractivity contribution in [3.63, 3.8) is 0 Å². The van der Waals surface area contributed by atoms with Crippen LogP contribution in [0.1, 0.15) is 41.5 Å². The van der Waals surface area contributed by atoms with Gasteiger partial charge < -0.3 is 19.6 Å². The molecule has 0 fully saturated rings. The third kappa shape index (κ3) is 9.26. The van der Waals surface area contributed by atoms with E-state index in [-0.39, 0.29) is 34.9 Å². The smallest absolute Gasteiger partial charge is 0.320 e. The number of rotatable bonds is 6. The van der Waals surface area contributed by atoms with Crippen molar-refractivity contribution in [3.05, 3.63) is 0 Å². The van der Waals surface area contributed by atoms with Crippen molar-refractivity contribution in [1.29, 1.82) is 0 Å². The number of urea groups is 2. The fourth-order valence-corrected chi connectivity index (χ4v) is 2.38. The average Bonchev–Trinajstić information content (AvgIpc) is 2.62. The van der Waals surface area contributed by atoms with Crippen molar-refractivity contribution >= 4 is 35.6 Å². The second-order valence-corrected chi connectivity index (χ2v) is 9.17. The van der Waals surface area contributed by atoms with E-state index in [0.29, 0.717) is 0 Å². The van der Waals surface area contributed by atoms with Crippen LogP contribution in [0.15, 0.2) is 0 Å². The highest BCUT2D eigenvalue weighted by Crippen LogP contribution is 2.13. The lowest BCUT2D eigenvalue weighted by molar-refractivity contribution is 0.160. The summed E-state index contributed by atoms with van der Waals surface area (Å²) >= 11 is 3.34. The summed E-state index contributed by atoms with van der Waals surface area (Å²) in [5.74, 6) is 0. The second kappa shape index (κ2) is 13.4. The van der Waals surface area contributed by atoms with Gasteiger partial charge in [-0.25, -0.2) is 9.59 Å². The van der Waals surface area contributed by atoms with Crippen LogP contribution in [-0.2, 0) is 0 Å². The van der Waals surface area contributed by atoms with Gasteiger partial charge in [-0.05, 0) is 54.1 Å². The van der Waals surface area contributed by atoms with Gasteiger partial charge in [-0.2, -0.15) is 0 Å². The molecule has 2 atom stereocenters. The van der Waals surface area contributed by atoms with Crippen LogP contribution < -0.4 is 0 Å². The highest BCUT2D eigenvalue weighted by Gasteiger charge is 2.20. The summed E-state index contributed by atoms with van der Waals surface area (Å²) in [6.07, 6.45) is 4.01. The molecule has 4 amide bonds. The normalized spacial score (nSPS) is 12.8. The van der Waals surface area contributed by atoms with Gasteiger partial charge >= 0.3 is 12.1 Å². The monoisotopic (exact) mass is 408 g/mol. The highest BCUT2D eigenvalue weighted by molar-refractivity contribution is 7.99. The predicted octanol–water partition coefficient (Wildman–Crippen LogP) is 4.17. The minimum absolute atomic E-state index is 0.0804. The molecule has 0 aliphatic rings. The van der Waals surface area contributed by atoms with Crippen LogP contribution in [0.4, 0.5) is 9.59 Å². The first-order chi connectivity index (χ1) is 11.8. The van der Waals surface area contributed by atoms with E-state index in [1.165, 1.54) is 0 Å². The Kier molecular flexibility index (Phi) is 14.2. The van der Waals surface area contributed by atoms with Gasteiger partial charge in [0.1, 0.15) is 0 Å². The minimum Gasteiger partial charge on any atom is -0.325 e. The molecule has 0 radical (unpaired) electrons. The summed E-state index contributed by atoms with van der Waals surface area (Å²) in [5.41, 5.74) is 0. The Bertz CT molecular complexity index is 384. The first-order valence-corrected chi connectivity index (χ1v) is 11.5. The second-order valence-electron chi connectivity index (χ2n) is 6.87. The lowest BCUT2D eigenvalue weighted by atomic mass is 10.3. The third-order valence-corrected chi connectivity index (χ3v) is 6.53. The average molecular weight is 409 g/mol. The van der Waals surface area contributed by atoms with E-state index in [1.54, 1.807) is 43.1 Å². The van der Waals surface area contributed by atoms with Crippen LogP contribution in [0, 0.1) is 0 Å². The van der Waals surface area contributed by atoms with Crippen LogP contribution in [0.3, 0.4) is 0 Å². The number of hydrogen-bond acceptors (Lipinski definition) is 4. The molecule has 6 nitrogen and oxygen atoms in total. The Morgan fingerprint density at radius 3 is 0.962 bits per heavy atom. The van der Waals surface area contributed by atoms with Crippen LogP contribution in [-0.4, -0.2) is 95.2 Å². The molecule has 0 saturated heterocycles. The van der Waals surface area contributed by atoms with Gasteiger partial charge in [0.25, 0.3) is 0 Å².